The summed E-state index contributed by atoms with van der Waals surface area (Å²) in [5.41, 5.74) is 2.07. The third-order valence-corrected chi connectivity index (χ3v) is 5.46. The summed E-state index contributed by atoms with van der Waals surface area (Å²) in [7, 11) is 0. The van der Waals surface area contributed by atoms with Gasteiger partial charge in [-0.3, -0.25) is 20.0 Å². The Balaban J connectivity index is 1.76. The molecule has 0 amide bonds. The molecule has 2 aromatic carbocycles. The molecule has 0 aromatic heterocycles. The standard InChI is InChI=1S/C17H15BrN4O2S/c18-13-4-2-12(3-5-13)16-19-10-1-11-20(19)17(25)21(16)14-6-8-15(9-7-14)22(23)24/h2-9,16H,1,10-11H2/t16-/m1/s1. The molecule has 2 aliphatic heterocycles. The molecule has 2 heterocycles. The van der Waals surface area contributed by atoms with Gasteiger partial charge in [-0.15, -0.1) is 0 Å². The van der Waals surface area contributed by atoms with Gasteiger partial charge in [0.2, 0.25) is 0 Å². The minimum atomic E-state index is -0.389. The monoisotopic (exact) mass is 418 g/mol. The first-order chi connectivity index (χ1) is 12.1. The Hall–Kier alpha value is -2.03. The van der Waals surface area contributed by atoms with Gasteiger partial charge in [-0.05, 0) is 48.5 Å². The molecule has 2 saturated heterocycles. The highest BCUT2D eigenvalue weighted by molar-refractivity contribution is 9.10. The summed E-state index contributed by atoms with van der Waals surface area (Å²) in [5.74, 6) is 0. The van der Waals surface area contributed by atoms with Gasteiger partial charge in [-0.1, -0.05) is 28.1 Å². The molecule has 0 radical (unpaired) electrons. The van der Waals surface area contributed by atoms with Crippen LogP contribution in [-0.4, -0.2) is 33.1 Å². The summed E-state index contributed by atoms with van der Waals surface area (Å²) < 4.78 is 1.02. The quantitative estimate of drug-likeness (QED) is 0.425. The largest absolute Gasteiger partial charge is 0.296 e. The number of thiocarbonyl (C=S) groups is 1. The van der Waals surface area contributed by atoms with Crippen molar-refractivity contribution >= 4 is 44.6 Å². The van der Waals surface area contributed by atoms with Crippen molar-refractivity contribution in [3.8, 4) is 0 Å². The van der Waals surface area contributed by atoms with E-state index < -0.39 is 0 Å². The van der Waals surface area contributed by atoms with Gasteiger partial charge in [0, 0.05) is 35.4 Å². The molecule has 0 spiro atoms. The molecule has 2 fully saturated rings. The summed E-state index contributed by atoms with van der Waals surface area (Å²) in [6, 6.07) is 14.8. The van der Waals surface area contributed by atoms with E-state index in [1.807, 2.05) is 12.1 Å². The normalized spacial score (nSPS) is 20.2. The summed E-state index contributed by atoms with van der Waals surface area (Å²) in [4.78, 5) is 12.6. The Morgan fingerprint density at radius 2 is 1.76 bits per heavy atom. The summed E-state index contributed by atoms with van der Waals surface area (Å²) >= 11 is 9.19. The van der Waals surface area contributed by atoms with Crippen molar-refractivity contribution < 1.29 is 4.92 Å². The van der Waals surface area contributed by atoms with Crippen LogP contribution < -0.4 is 4.90 Å². The predicted octanol–water partition coefficient (Wildman–Crippen LogP) is 4.08. The zero-order valence-electron chi connectivity index (χ0n) is 13.2. The zero-order valence-corrected chi connectivity index (χ0v) is 15.6. The molecule has 0 saturated carbocycles. The molecule has 2 aliphatic rings. The lowest BCUT2D eigenvalue weighted by Gasteiger charge is -2.28. The molecule has 0 aliphatic carbocycles. The Kier molecular flexibility index (Phi) is 4.18. The molecule has 8 heteroatoms. The number of nitrogens with zero attached hydrogens (tertiary/aromatic N) is 4. The Morgan fingerprint density at radius 1 is 1.08 bits per heavy atom. The second-order valence-electron chi connectivity index (χ2n) is 5.99. The number of nitro groups is 1. The van der Waals surface area contributed by atoms with Crippen molar-refractivity contribution in [2.24, 2.45) is 0 Å². The van der Waals surface area contributed by atoms with E-state index in [4.69, 9.17) is 12.2 Å². The lowest BCUT2D eigenvalue weighted by molar-refractivity contribution is -0.384. The molecular formula is C17H15BrN4O2S. The average molecular weight is 419 g/mol. The van der Waals surface area contributed by atoms with E-state index in [1.54, 1.807) is 12.1 Å². The average Bonchev–Trinajstić information content (AvgIpc) is 3.18. The van der Waals surface area contributed by atoms with E-state index in [2.05, 4.69) is 43.0 Å². The van der Waals surface area contributed by atoms with Crippen LogP contribution in [0.3, 0.4) is 0 Å². The highest BCUT2D eigenvalue weighted by Gasteiger charge is 2.45. The maximum Gasteiger partial charge on any atom is 0.269 e. The van der Waals surface area contributed by atoms with Gasteiger partial charge in [0.1, 0.15) is 6.17 Å². The highest BCUT2D eigenvalue weighted by atomic mass is 79.9. The van der Waals surface area contributed by atoms with Crippen LogP contribution in [0.2, 0.25) is 0 Å². The van der Waals surface area contributed by atoms with Crippen molar-refractivity contribution in [1.29, 1.82) is 0 Å². The molecule has 6 nitrogen and oxygen atoms in total. The van der Waals surface area contributed by atoms with Crippen LogP contribution >= 0.6 is 28.1 Å². The molecule has 0 N–H and O–H groups in total. The number of hydrogen-bond acceptors (Lipinski definition) is 4. The fourth-order valence-electron chi connectivity index (χ4n) is 3.40. The van der Waals surface area contributed by atoms with Crippen LogP contribution in [0.4, 0.5) is 11.4 Å². The van der Waals surface area contributed by atoms with Crippen LogP contribution in [0.25, 0.3) is 0 Å². The Labute approximate surface area is 158 Å². The van der Waals surface area contributed by atoms with Crippen LogP contribution in [0.15, 0.2) is 53.0 Å². The van der Waals surface area contributed by atoms with Gasteiger partial charge in [0.25, 0.3) is 5.69 Å². The van der Waals surface area contributed by atoms with Gasteiger partial charge < -0.3 is 0 Å². The number of hydrogen-bond donors (Lipinski definition) is 0. The first kappa shape index (κ1) is 16.4. The number of hydrazine groups is 1. The minimum absolute atomic E-state index is 0.0374. The smallest absolute Gasteiger partial charge is 0.269 e. The molecule has 0 bridgehead atoms. The molecule has 25 heavy (non-hydrogen) atoms. The molecule has 0 unspecified atom stereocenters. The minimum Gasteiger partial charge on any atom is -0.296 e. The molecule has 128 valence electrons. The summed E-state index contributed by atoms with van der Waals surface area (Å²) in [6.45, 7) is 1.83. The zero-order chi connectivity index (χ0) is 17.6. The third-order valence-electron chi connectivity index (χ3n) is 4.53. The number of fused-ring (bicyclic) bond motifs is 1. The lowest BCUT2D eigenvalue weighted by atomic mass is 10.1. The van der Waals surface area contributed by atoms with Gasteiger partial charge in [0.05, 0.1) is 4.92 Å². The molecular weight excluding hydrogens is 404 g/mol. The Bertz CT molecular complexity index is 828. The highest BCUT2D eigenvalue weighted by Crippen LogP contribution is 2.41. The second kappa shape index (κ2) is 6.36. The third kappa shape index (κ3) is 2.80. The van der Waals surface area contributed by atoms with Crippen LogP contribution in [0, 0.1) is 10.1 Å². The summed E-state index contributed by atoms with van der Waals surface area (Å²) in [6.07, 6.45) is 1.03. The van der Waals surface area contributed by atoms with E-state index in [1.165, 1.54) is 12.1 Å². The number of halogens is 1. The predicted molar refractivity (Wildman–Crippen MR) is 103 cm³/mol. The van der Waals surface area contributed by atoms with Crippen molar-refractivity contribution in [2.45, 2.75) is 12.6 Å². The number of benzene rings is 2. The first-order valence-electron chi connectivity index (χ1n) is 7.93. The lowest BCUT2D eigenvalue weighted by Crippen LogP contribution is -2.32. The van der Waals surface area contributed by atoms with E-state index in [-0.39, 0.29) is 16.8 Å². The van der Waals surface area contributed by atoms with Gasteiger partial charge in [0.15, 0.2) is 5.11 Å². The van der Waals surface area contributed by atoms with Crippen LogP contribution in [0.1, 0.15) is 18.2 Å². The SMILES string of the molecule is O=[N+]([O-])c1ccc(N2C(=S)N3CCCN3[C@H]2c2ccc(Br)cc2)cc1. The second-order valence-corrected chi connectivity index (χ2v) is 7.27. The number of rotatable bonds is 3. The van der Waals surface area contributed by atoms with Crippen LogP contribution in [0.5, 0.6) is 0 Å². The van der Waals surface area contributed by atoms with E-state index in [0.717, 1.165) is 40.3 Å². The fourth-order valence-corrected chi connectivity index (χ4v) is 4.06. The van der Waals surface area contributed by atoms with E-state index >= 15 is 0 Å². The molecule has 4 rings (SSSR count). The van der Waals surface area contributed by atoms with Gasteiger partial charge in [-0.2, -0.15) is 5.01 Å². The first-order valence-corrected chi connectivity index (χ1v) is 9.13. The van der Waals surface area contributed by atoms with Crippen molar-refractivity contribution in [3.05, 3.63) is 68.7 Å². The summed E-state index contributed by atoms with van der Waals surface area (Å²) in [5, 5.41) is 16.1. The van der Waals surface area contributed by atoms with Crippen molar-refractivity contribution in [3.63, 3.8) is 0 Å². The van der Waals surface area contributed by atoms with Gasteiger partial charge in [-0.25, -0.2) is 0 Å². The van der Waals surface area contributed by atoms with Crippen LogP contribution in [-0.2, 0) is 0 Å². The fraction of sp³-hybridized carbons (Fsp3) is 0.235. The number of nitro benzene ring substituents is 1. The van der Waals surface area contributed by atoms with Crippen molar-refractivity contribution in [1.82, 2.24) is 10.0 Å². The van der Waals surface area contributed by atoms with E-state index in [9.17, 15) is 10.1 Å². The number of anilines is 1. The van der Waals surface area contributed by atoms with Crippen molar-refractivity contribution in [2.75, 3.05) is 18.0 Å². The molecule has 2 aromatic rings. The molecule has 1 atom stereocenters. The number of non-ortho nitro benzene ring substituents is 1. The Morgan fingerprint density at radius 3 is 2.40 bits per heavy atom. The van der Waals surface area contributed by atoms with E-state index in [0.29, 0.717) is 0 Å². The maximum atomic E-state index is 10.9. The topological polar surface area (TPSA) is 52.9 Å². The maximum absolute atomic E-state index is 10.9. The van der Waals surface area contributed by atoms with Gasteiger partial charge >= 0.3 is 0 Å².